The standard InChI is InChI=1S/C30H39N3O5S/c1-32(28-24-16-22-17-25(28)20-30(35,18-22)19-24)29(34)23-5-7-26(8-6-23)38-15-11-21-9-13-33(14-10-21)39(36,37)27-4-2-3-12-31-27/h2-8,12,21-22,24-25,28,35H,9-11,13-20H2,1H3. The summed E-state index contributed by atoms with van der Waals surface area (Å²) < 4.78 is 33.1. The second-order valence-electron chi connectivity index (χ2n) is 12.3. The molecule has 210 valence electrons. The van der Waals surface area contributed by atoms with Crippen molar-refractivity contribution in [3.8, 4) is 5.75 Å². The van der Waals surface area contributed by atoms with Crippen molar-refractivity contribution >= 4 is 15.9 Å². The molecule has 1 aromatic heterocycles. The van der Waals surface area contributed by atoms with Crippen LogP contribution in [0.25, 0.3) is 0 Å². The molecule has 1 aromatic carbocycles. The Labute approximate surface area is 231 Å². The zero-order chi connectivity index (χ0) is 27.2. The van der Waals surface area contributed by atoms with Gasteiger partial charge in [-0.05, 0) is 111 Å². The minimum atomic E-state index is -3.53. The van der Waals surface area contributed by atoms with E-state index in [0.29, 0.717) is 48.9 Å². The fourth-order valence-electron chi connectivity index (χ4n) is 8.03. The number of pyridine rings is 1. The molecule has 8 nitrogen and oxygen atoms in total. The van der Waals surface area contributed by atoms with Crippen molar-refractivity contribution in [1.29, 1.82) is 0 Å². The largest absolute Gasteiger partial charge is 0.494 e. The molecular weight excluding hydrogens is 514 g/mol. The van der Waals surface area contributed by atoms with E-state index in [1.165, 1.54) is 10.5 Å². The lowest BCUT2D eigenvalue weighted by Gasteiger charge is -2.59. The van der Waals surface area contributed by atoms with Crippen LogP contribution < -0.4 is 4.74 Å². The molecule has 4 bridgehead atoms. The van der Waals surface area contributed by atoms with Crippen molar-refractivity contribution in [3.63, 3.8) is 0 Å². The van der Waals surface area contributed by atoms with E-state index in [4.69, 9.17) is 4.74 Å². The van der Waals surface area contributed by atoms with Crippen LogP contribution in [0.2, 0.25) is 0 Å². The molecule has 7 rings (SSSR count). The molecule has 0 spiro atoms. The van der Waals surface area contributed by atoms with Gasteiger partial charge in [0.05, 0.1) is 12.2 Å². The quantitative estimate of drug-likeness (QED) is 0.531. The molecule has 9 heteroatoms. The van der Waals surface area contributed by atoms with E-state index in [9.17, 15) is 18.3 Å². The Hall–Kier alpha value is -2.49. The number of carbonyl (C=O) groups excluding carboxylic acids is 1. The fraction of sp³-hybridized carbons (Fsp3) is 0.600. The van der Waals surface area contributed by atoms with Crippen LogP contribution in [-0.4, -0.2) is 72.0 Å². The highest BCUT2D eigenvalue weighted by Crippen LogP contribution is 2.56. The van der Waals surface area contributed by atoms with Crippen LogP contribution in [0, 0.1) is 23.7 Å². The van der Waals surface area contributed by atoms with Gasteiger partial charge in [-0.3, -0.25) is 4.79 Å². The first kappa shape index (κ1) is 26.7. The summed E-state index contributed by atoms with van der Waals surface area (Å²) in [6.45, 7) is 1.55. The van der Waals surface area contributed by atoms with E-state index in [0.717, 1.165) is 57.1 Å². The third kappa shape index (κ3) is 5.33. The first-order valence-electron chi connectivity index (χ1n) is 14.4. The van der Waals surface area contributed by atoms with Gasteiger partial charge in [-0.15, -0.1) is 0 Å². The third-order valence-electron chi connectivity index (χ3n) is 9.67. The van der Waals surface area contributed by atoms with Gasteiger partial charge in [0.15, 0.2) is 5.03 Å². The van der Waals surface area contributed by atoms with Gasteiger partial charge in [0, 0.05) is 37.9 Å². The maximum Gasteiger partial charge on any atom is 0.260 e. The monoisotopic (exact) mass is 553 g/mol. The minimum Gasteiger partial charge on any atom is -0.494 e. The molecule has 5 fully saturated rings. The summed E-state index contributed by atoms with van der Waals surface area (Å²) in [5.74, 6) is 2.61. The van der Waals surface area contributed by atoms with Gasteiger partial charge in [-0.25, -0.2) is 13.4 Å². The Morgan fingerprint density at radius 2 is 1.77 bits per heavy atom. The molecule has 0 radical (unpaired) electrons. The van der Waals surface area contributed by atoms with Crippen molar-refractivity contribution in [3.05, 3.63) is 54.2 Å². The summed E-state index contributed by atoms with van der Waals surface area (Å²) >= 11 is 0. The Morgan fingerprint density at radius 3 is 2.38 bits per heavy atom. The number of nitrogens with zero attached hydrogens (tertiary/aromatic N) is 3. The van der Waals surface area contributed by atoms with Crippen molar-refractivity contribution in [2.24, 2.45) is 23.7 Å². The molecule has 1 amide bonds. The number of carbonyl (C=O) groups is 1. The molecule has 4 saturated carbocycles. The second-order valence-corrected chi connectivity index (χ2v) is 14.2. The number of aromatic nitrogens is 1. The molecule has 5 aliphatic rings. The van der Waals surface area contributed by atoms with E-state index in [1.54, 1.807) is 18.2 Å². The van der Waals surface area contributed by atoms with Gasteiger partial charge in [-0.1, -0.05) is 6.07 Å². The topological polar surface area (TPSA) is 100 Å². The number of benzene rings is 1. The van der Waals surface area contributed by atoms with Crippen molar-refractivity contribution < 1.29 is 23.1 Å². The van der Waals surface area contributed by atoms with Gasteiger partial charge in [0.1, 0.15) is 5.75 Å². The molecule has 1 aliphatic heterocycles. The normalized spacial score (nSPS) is 30.8. The van der Waals surface area contributed by atoms with E-state index in [2.05, 4.69) is 4.98 Å². The number of aliphatic hydroxyl groups is 1. The summed E-state index contributed by atoms with van der Waals surface area (Å²) in [5.41, 5.74) is 0.170. The Kier molecular flexibility index (Phi) is 7.18. The fourth-order valence-corrected chi connectivity index (χ4v) is 9.43. The number of hydrogen-bond donors (Lipinski definition) is 1. The number of amides is 1. The lowest BCUT2D eigenvalue weighted by molar-refractivity contribution is -0.152. The van der Waals surface area contributed by atoms with Crippen LogP contribution in [-0.2, 0) is 10.0 Å². The number of rotatable bonds is 8. The van der Waals surface area contributed by atoms with E-state index in [1.807, 2.05) is 36.2 Å². The minimum absolute atomic E-state index is 0.0402. The number of hydrogen-bond acceptors (Lipinski definition) is 6. The molecule has 2 unspecified atom stereocenters. The van der Waals surface area contributed by atoms with Gasteiger partial charge in [0.2, 0.25) is 0 Å². The van der Waals surface area contributed by atoms with Gasteiger partial charge in [0.25, 0.3) is 15.9 Å². The predicted octanol–water partition coefficient (Wildman–Crippen LogP) is 3.96. The predicted molar refractivity (Wildman–Crippen MR) is 147 cm³/mol. The van der Waals surface area contributed by atoms with Crippen molar-refractivity contribution in [2.75, 3.05) is 26.7 Å². The maximum atomic E-state index is 13.3. The molecular formula is C30H39N3O5S. The van der Waals surface area contributed by atoms with Gasteiger partial charge in [-0.2, -0.15) is 4.31 Å². The highest BCUT2D eigenvalue weighted by atomic mass is 32.2. The van der Waals surface area contributed by atoms with Crippen LogP contribution in [0.3, 0.4) is 0 Å². The average Bonchev–Trinajstić information content (AvgIpc) is 2.92. The molecule has 2 atom stereocenters. The summed E-state index contributed by atoms with van der Waals surface area (Å²) in [6, 6.07) is 12.6. The summed E-state index contributed by atoms with van der Waals surface area (Å²) in [4.78, 5) is 19.3. The van der Waals surface area contributed by atoms with Crippen LogP contribution in [0.4, 0.5) is 0 Å². The van der Waals surface area contributed by atoms with E-state index in [-0.39, 0.29) is 17.0 Å². The van der Waals surface area contributed by atoms with Crippen LogP contribution >= 0.6 is 0 Å². The maximum absolute atomic E-state index is 13.3. The lowest BCUT2D eigenvalue weighted by Crippen LogP contribution is -2.61. The number of sulfonamides is 1. The van der Waals surface area contributed by atoms with Gasteiger partial charge < -0.3 is 14.7 Å². The van der Waals surface area contributed by atoms with Crippen molar-refractivity contribution in [2.45, 2.75) is 68.0 Å². The molecule has 1 saturated heterocycles. The summed E-state index contributed by atoms with van der Waals surface area (Å²) in [7, 11) is -1.61. The van der Waals surface area contributed by atoms with Crippen LogP contribution in [0.5, 0.6) is 5.75 Å². The zero-order valence-corrected chi connectivity index (χ0v) is 23.4. The molecule has 2 aromatic rings. The highest BCUT2D eigenvalue weighted by Gasteiger charge is 2.56. The Morgan fingerprint density at radius 1 is 1.08 bits per heavy atom. The lowest BCUT2D eigenvalue weighted by atomic mass is 9.52. The smallest absolute Gasteiger partial charge is 0.260 e. The number of piperidine rings is 1. The Bertz CT molecular complexity index is 1260. The first-order chi connectivity index (χ1) is 18.7. The molecule has 1 N–H and O–H groups in total. The summed E-state index contributed by atoms with van der Waals surface area (Å²) in [6.07, 6.45) is 8.83. The Balaban J connectivity index is 0.970. The van der Waals surface area contributed by atoms with E-state index < -0.39 is 15.6 Å². The molecule has 2 heterocycles. The second kappa shape index (κ2) is 10.5. The van der Waals surface area contributed by atoms with Crippen molar-refractivity contribution in [1.82, 2.24) is 14.2 Å². The number of ether oxygens (including phenoxy) is 1. The van der Waals surface area contributed by atoms with Gasteiger partial charge >= 0.3 is 0 Å². The highest BCUT2D eigenvalue weighted by molar-refractivity contribution is 7.89. The average molecular weight is 554 g/mol. The molecule has 39 heavy (non-hydrogen) atoms. The first-order valence-corrected chi connectivity index (χ1v) is 15.8. The van der Waals surface area contributed by atoms with Crippen LogP contribution in [0.1, 0.15) is 61.7 Å². The van der Waals surface area contributed by atoms with Crippen LogP contribution in [0.15, 0.2) is 53.7 Å². The third-order valence-corrected chi connectivity index (χ3v) is 11.5. The zero-order valence-electron chi connectivity index (χ0n) is 22.6. The van der Waals surface area contributed by atoms with E-state index >= 15 is 0 Å². The summed E-state index contributed by atoms with van der Waals surface area (Å²) in [5, 5.41) is 11.0. The SMILES string of the molecule is CN(C(=O)c1ccc(OCCC2CCN(S(=O)(=O)c3ccccn3)CC2)cc1)C1C2CC3CC1CC(O)(C3)C2. The molecule has 4 aliphatic carbocycles.